The second-order valence-corrected chi connectivity index (χ2v) is 2.59. The van der Waals surface area contributed by atoms with Gasteiger partial charge in [-0.05, 0) is 25.7 Å². The first kappa shape index (κ1) is 4.36. The van der Waals surface area contributed by atoms with E-state index in [4.69, 9.17) is 4.74 Å². The molecule has 1 aliphatic heterocycles. The molecule has 1 saturated carbocycles. The molecule has 2 heteroatoms. The standard InChI is InChI=1S/C6H8O2/c7-5-6(8-5)3-1-2-4-6/h1-4H2. The third-order valence-corrected chi connectivity index (χ3v) is 2.03. The highest BCUT2D eigenvalue weighted by molar-refractivity contribution is 5.93. The summed E-state index contributed by atoms with van der Waals surface area (Å²) in [6.07, 6.45) is 4.30. The summed E-state index contributed by atoms with van der Waals surface area (Å²) in [6, 6.07) is 0. The zero-order valence-corrected chi connectivity index (χ0v) is 4.64. The van der Waals surface area contributed by atoms with Crippen molar-refractivity contribution in [3.8, 4) is 0 Å². The van der Waals surface area contributed by atoms with Gasteiger partial charge in [0.25, 0.3) is 0 Å². The van der Waals surface area contributed by atoms with Gasteiger partial charge in [0.1, 0.15) is 0 Å². The number of epoxide rings is 1. The summed E-state index contributed by atoms with van der Waals surface area (Å²) in [7, 11) is 0. The van der Waals surface area contributed by atoms with Gasteiger partial charge in [-0.2, -0.15) is 0 Å². The zero-order chi connectivity index (χ0) is 5.61. The van der Waals surface area contributed by atoms with Gasteiger partial charge in [-0.25, -0.2) is 4.79 Å². The van der Waals surface area contributed by atoms with Crippen molar-refractivity contribution in [2.45, 2.75) is 31.3 Å². The highest BCUT2D eigenvalue weighted by Crippen LogP contribution is 2.44. The average Bonchev–Trinajstić information content (AvgIpc) is 2.29. The topological polar surface area (TPSA) is 29.6 Å². The van der Waals surface area contributed by atoms with Crippen LogP contribution in [0.1, 0.15) is 25.7 Å². The Bertz CT molecular complexity index is 133. The van der Waals surface area contributed by atoms with Gasteiger partial charge in [-0.3, -0.25) is 0 Å². The van der Waals surface area contributed by atoms with Crippen LogP contribution in [0.3, 0.4) is 0 Å². The van der Waals surface area contributed by atoms with Crippen LogP contribution in [-0.2, 0) is 9.53 Å². The molecule has 0 amide bonds. The predicted molar refractivity (Wildman–Crippen MR) is 27.3 cm³/mol. The lowest BCUT2D eigenvalue weighted by molar-refractivity contribution is -0.117. The van der Waals surface area contributed by atoms with Crippen LogP contribution in [0.5, 0.6) is 0 Å². The van der Waals surface area contributed by atoms with Crippen molar-refractivity contribution < 1.29 is 9.53 Å². The van der Waals surface area contributed by atoms with Crippen LogP contribution in [0.2, 0.25) is 0 Å². The van der Waals surface area contributed by atoms with Gasteiger partial charge in [-0.15, -0.1) is 0 Å². The molecule has 0 N–H and O–H groups in total. The van der Waals surface area contributed by atoms with Gasteiger partial charge in [0, 0.05) is 0 Å². The average molecular weight is 112 g/mol. The monoisotopic (exact) mass is 112 g/mol. The maximum atomic E-state index is 10.5. The number of hydrogen-bond acceptors (Lipinski definition) is 2. The summed E-state index contributed by atoms with van der Waals surface area (Å²) in [6.45, 7) is 0. The molecule has 8 heavy (non-hydrogen) atoms. The molecule has 0 aromatic heterocycles. The number of ether oxygens (including phenoxy) is 1. The summed E-state index contributed by atoms with van der Waals surface area (Å²) in [4.78, 5) is 10.5. The highest BCUT2D eigenvalue weighted by Gasteiger charge is 2.58. The van der Waals surface area contributed by atoms with Crippen molar-refractivity contribution >= 4 is 5.97 Å². The van der Waals surface area contributed by atoms with E-state index in [0.717, 1.165) is 12.8 Å². The lowest BCUT2D eigenvalue weighted by Gasteiger charge is -1.88. The number of hydrogen-bond donors (Lipinski definition) is 0. The van der Waals surface area contributed by atoms with Gasteiger partial charge >= 0.3 is 5.97 Å². The molecule has 0 radical (unpaired) electrons. The fourth-order valence-electron chi connectivity index (χ4n) is 1.40. The Morgan fingerprint density at radius 2 is 1.88 bits per heavy atom. The summed E-state index contributed by atoms with van der Waals surface area (Å²) >= 11 is 0. The number of rotatable bonds is 0. The van der Waals surface area contributed by atoms with E-state index in [2.05, 4.69) is 0 Å². The maximum absolute atomic E-state index is 10.5. The Morgan fingerprint density at radius 1 is 1.38 bits per heavy atom. The van der Waals surface area contributed by atoms with Crippen LogP contribution >= 0.6 is 0 Å². The summed E-state index contributed by atoms with van der Waals surface area (Å²) in [5.74, 6) is 0.0370. The first-order valence-corrected chi connectivity index (χ1v) is 3.07. The van der Waals surface area contributed by atoms with Crippen LogP contribution in [-0.4, -0.2) is 11.6 Å². The fraction of sp³-hybridized carbons (Fsp3) is 0.833. The minimum atomic E-state index is -0.236. The van der Waals surface area contributed by atoms with E-state index in [1.807, 2.05) is 0 Å². The normalized spacial score (nSPS) is 30.8. The Balaban J connectivity index is 2.16. The van der Waals surface area contributed by atoms with Gasteiger partial charge in [0.05, 0.1) is 0 Å². The van der Waals surface area contributed by atoms with Crippen LogP contribution in [0.25, 0.3) is 0 Å². The number of carbonyl (C=O) groups is 1. The largest absolute Gasteiger partial charge is 0.444 e. The molecule has 0 aromatic carbocycles. The Hall–Kier alpha value is -0.530. The van der Waals surface area contributed by atoms with E-state index in [9.17, 15) is 4.79 Å². The van der Waals surface area contributed by atoms with E-state index in [1.165, 1.54) is 12.8 Å². The first-order chi connectivity index (χ1) is 3.83. The molecule has 44 valence electrons. The first-order valence-electron chi connectivity index (χ1n) is 3.07. The van der Waals surface area contributed by atoms with Crippen LogP contribution in [0.4, 0.5) is 0 Å². The summed E-state index contributed by atoms with van der Waals surface area (Å²) in [5, 5.41) is 0. The molecule has 2 fully saturated rings. The van der Waals surface area contributed by atoms with Crippen LogP contribution in [0, 0.1) is 0 Å². The van der Waals surface area contributed by atoms with Gasteiger partial charge in [-0.1, -0.05) is 0 Å². The predicted octanol–water partition coefficient (Wildman–Crippen LogP) is 0.856. The molecule has 1 saturated heterocycles. The number of carbonyl (C=O) groups excluding carboxylic acids is 1. The van der Waals surface area contributed by atoms with E-state index in [-0.39, 0.29) is 11.6 Å². The quantitative estimate of drug-likeness (QED) is 0.435. The Kier molecular flexibility index (Phi) is 0.581. The molecule has 1 spiro atoms. The molecule has 2 rings (SSSR count). The molecule has 1 heterocycles. The molecular formula is C6H8O2. The van der Waals surface area contributed by atoms with E-state index in [1.54, 1.807) is 0 Å². The molecule has 1 aliphatic carbocycles. The van der Waals surface area contributed by atoms with Crippen LogP contribution < -0.4 is 0 Å². The highest BCUT2D eigenvalue weighted by atomic mass is 16.7. The van der Waals surface area contributed by atoms with Crippen molar-refractivity contribution in [2.75, 3.05) is 0 Å². The maximum Gasteiger partial charge on any atom is 0.351 e. The SMILES string of the molecule is O=C1OC12CCCC2. The lowest BCUT2D eigenvalue weighted by Crippen LogP contribution is -2.03. The van der Waals surface area contributed by atoms with Crippen molar-refractivity contribution in [3.05, 3.63) is 0 Å². The minimum absolute atomic E-state index is 0.0370. The lowest BCUT2D eigenvalue weighted by atomic mass is 10.1. The smallest absolute Gasteiger partial charge is 0.351 e. The van der Waals surface area contributed by atoms with E-state index < -0.39 is 0 Å². The van der Waals surface area contributed by atoms with Gasteiger partial charge in [0.15, 0.2) is 0 Å². The molecule has 2 aliphatic rings. The third kappa shape index (κ3) is 0.358. The van der Waals surface area contributed by atoms with Gasteiger partial charge in [0.2, 0.25) is 5.60 Å². The summed E-state index contributed by atoms with van der Waals surface area (Å²) in [5.41, 5.74) is -0.236. The van der Waals surface area contributed by atoms with E-state index >= 15 is 0 Å². The second-order valence-electron chi connectivity index (χ2n) is 2.59. The molecule has 0 unspecified atom stereocenters. The molecule has 0 atom stereocenters. The van der Waals surface area contributed by atoms with Crippen molar-refractivity contribution in [3.63, 3.8) is 0 Å². The molecule has 0 bridgehead atoms. The fourth-order valence-corrected chi connectivity index (χ4v) is 1.40. The van der Waals surface area contributed by atoms with Crippen molar-refractivity contribution in [1.82, 2.24) is 0 Å². The van der Waals surface area contributed by atoms with Crippen LogP contribution in [0.15, 0.2) is 0 Å². The summed E-state index contributed by atoms with van der Waals surface area (Å²) < 4.78 is 4.83. The van der Waals surface area contributed by atoms with E-state index in [0.29, 0.717) is 0 Å². The Labute approximate surface area is 47.8 Å². The van der Waals surface area contributed by atoms with Crippen molar-refractivity contribution in [1.29, 1.82) is 0 Å². The molecular weight excluding hydrogens is 104 g/mol. The third-order valence-electron chi connectivity index (χ3n) is 2.03. The second kappa shape index (κ2) is 1.07. The molecule has 0 aromatic rings. The minimum Gasteiger partial charge on any atom is -0.444 e. The van der Waals surface area contributed by atoms with Gasteiger partial charge < -0.3 is 4.74 Å². The zero-order valence-electron chi connectivity index (χ0n) is 4.64. The Morgan fingerprint density at radius 3 is 2.12 bits per heavy atom. The molecule has 2 nitrogen and oxygen atoms in total. The van der Waals surface area contributed by atoms with Crippen molar-refractivity contribution in [2.24, 2.45) is 0 Å².